The van der Waals surface area contributed by atoms with Crippen molar-refractivity contribution in [3.05, 3.63) is 51.5 Å². The molecule has 1 aliphatic heterocycles. The Morgan fingerprint density at radius 1 is 1.31 bits per heavy atom. The predicted octanol–water partition coefficient (Wildman–Crippen LogP) is 4.45. The highest BCUT2D eigenvalue weighted by atomic mass is 79.9. The zero-order chi connectivity index (χ0) is 24.9. The molecule has 0 bridgehead atoms. The van der Waals surface area contributed by atoms with Crippen molar-refractivity contribution in [2.24, 2.45) is 0 Å². The maximum Gasteiger partial charge on any atom is 0.277 e. The number of carbonyl (C=O) groups excluding carboxylic acids is 1. The average Bonchev–Trinajstić information content (AvgIpc) is 3.51. The molecule has 0 radical (unpaired) electrons. The van der Waals surface area contributed by atoms with Crippen LogP contribution in [0.1, 0.15) is 29.6 Å². The SMILES string of the molecule is N=C(CCn1cnc2c(F)c(Nc3ccc(Br)cc3Cl)c(C(=O)NOCCO)cc21)N1CCCC1. The van der Waals surface area contributed by atoms with Crippen LogP contribution in [0, 0.1) is 11.2 Å². The standard InChI is InChI=1S/C23H25BrClFN6O3/c24-14-3-4-17(16(25)11-14)29-21-15(23(34)30-35-10-9-33)12-18-22(20(21)26)28-13-32(18)8-5-19(27)31-6-1-2-7-31/h3-4,11-13,27,29,33H,1-2,5-10H2,(H,30,34). The van der Waals surface area contributed by atoms with Gasteiger partial charge < -0.3 is 19.9 Å². The van der Waals surface area contributed by atoms with Crippen LogP contribution in [0.25, 0.3) is 11.0 Å². The van der Waals surface area contributed by atoms with Crippen LogP contribution in [-0.4, -0.2) is 57.6 Å². The summed E-state index contributed by atoms with van der Waals surface area (Å²) in [7, 11) is 0. The Bertz CT molecular complexity index is 1250. The zero-order valence-electron chi connectivity index (χ0n) is 18.8. The monoisotopic (exact) mass is 566 g/mol. The first-order valence-electron chi connectivity index (χ1n) is 11.1. The van der Waals surface area contributed by atoms with Crippen LogP contribution in [0.2, 0.25) is 5.02 Å². The molecule has 0 saturated carbocycles. The number of carbonyl (C=O) groups is 1. The maximum atomic E-state index is 15.7. The molecule has 0 unspecified atom stereocenters. The van der Waals surface area contributed by atoms with Gasteiger partial charge in [0.15, 0.2) is 5.82 Å². The van der Waals surface area contributed by atoms with E-state index in [-0.39, 0.29) is 30.0 Å². The van der Waals surface area contributed by atoms with Crippen LogP contribution >= 0.6 is 27.5 Å². The Hall–Kier alpha value is -2.73. The molecule has 35 heavy (non-hydrogen) atoms. The second kappa shape index (κ2) is 11.3. The summed E-state index contributed by atoms with van der Waals surface area (Å²) in [4.78, 5) is 24.1. The van der Waals surface area contributed by atoms with E-state index in [1.54, 1.807) is 22.8 Å². The Balaban J connectivity index is 1.68. The van der Waals surface area contributed by atoms with Crippen molar-refractivity contribution in [2.75, 3.05) is 31.6 Å². The third-order valence-electron chi connectivity index (χ3n) is 5.73. The van der Waals surface area contributed by atoms with E-state index in [0.717, 1.165) is 30.4 Å². The summed E-state index contributed by atoms with van der Waals surface area (Å²) in [6.07, 6.45) is 4.13. The third-order valence-corrected chi connectivity index (χ3v) is 6.53. The highest BCUT2D eigenvalue weighted by Gasteiger charge is 2.23. The fourth-order valence-electron chi connectivity index (χ4n) is 3.95. The normalized spacial score (nSPS) is 13.4. The minimum absolute atomic E-state index is 0.0247. The third kappa shape index (κ3) is 5.75. The van der Waals surface area contributed by atoms with Gasteiger partial charge in [0.25, 0.3) is 5.91 Å². The topological polar surface area (TPSA) is 116 Å². The molecule has 1 aromatic heterocycles. The molecular formula is C23H25BrClFN6O3. The quantitative estimate of drug-likeness (QED) is 0.131. The Kier molecular flexibility index (Phi) is 8.22. The molecular weight excluding hydrogens is 543 g/mol. The first kappa shape index (κ1) is 25.4. The summed E-state index contributed by atoms with van der Waals surface area (Å²) >= 11 is 9.63. The first-order chi connectivity index (χ1) is 16.9. The summed E-state index contributed by atoms with van der Waals surface area (Å²) in [6.45, 7) is 1.77. The lowest BCUT2D eigenvalue weighted by Crippen LogP contribution is -2.27. The van der Waals surface area contributed by atoms with Crippen molar-refractivity contribution in [2.45, 2.75) is 25.8 Å². The largest absolute Gasteiger partial charge is 0.394 e. The number of aliphatic hydroxyl groups is 1. The highest BCUT2D eigenvalue weighted by Crippen LogP contribution is 2.34. The summed E-state index contributed by atoms with van der Waals surface area (Å²) in [5.41, 5.74) is 2.99. The highest BCUT2D eigenvalue weighted by molar-refractivity contribution is 9.10. The maximum absolute atomic E-state index is 15.7. The van der Waals surface area contributed by atoms with Crippen molar-refractivity contribution in [3.8, 4) is 0 Å². The van der Waals surface area contributed by atoms with Crippen LogP contribution in [0.4, 0.5) is 15.8 Å². The fourth-order valence-corrected chi connectivity index (χ4v) is 4.67. The van der Waals surface area contributed by atoms with Crippen LogP contribution in [0.3, 0.4) is 0 Å². The number of aryl methyl sites for hydroxylation is 1. The van der Waals surface area contributed by atoms with E-state index in [1.165, 1.54) is 12.4 Å². The lowest BCUT2D eigenvalue weighted by molar-refractivity contribution is 0.0169. The summed E-state index contributed by atoms with van der Waals surface area (Å²) < 4.78 is 18.2. The van der Waals surface area contributed by atoms with Crippen molar-refractivity contribution in [1.29, 1.82) is 5.41 Å². The number of nitrogens with zero attached hydrogens (tertiary/aromatic N) is 3. The number of likely N-dealkylation sites (tertiary alicyclic amines) is 1. The number of amidine groups is 1. The van der Waals surface area contributed by atoms with Gasteiger partial charge in [-0.25, -0.2) is 14.9 Å². The number of amides is 1. The molecule has 1 amide bonds. The number of anilines is 2. The van der Waals surface area contributed by atoms with Crippen molar-refractivity contribution in [3.63, 3.8) is 0 Å². The number of fused-ring (bicyclic) bond motifs is 1. The summed E-state index contributed by atoms with van der Waals surface area (Å²) in [6, 6.07) is 6.56. The van der Waals surface area contributed by atoms with Crippen molar-refractivity contribution in [1.82, 2.24) is 19.9 Å². The van der Waals surface area contributed by atoms with Crippen molar-refractivity contribution < 1.29 is 19.1 Å². The Morgan fingerprint density at radius 3 is 2.80 bits per heavy atom. The molecule has 1 aliphatic rings. The first-order valence-corrected chi connectivity index (χ1v) is 12.3. The second-order valence-electron chi connectivity index (χ2n) is 8.06. The van der Waals surface area contributed by atoms with Crippen LogP contribution in [0.15, 0.2) is 35.1 Å². The Labute approximate surface area is 214 Å². The van der Waals surface area contributed by atoms with E-state index in [9.17, 15) is 4.79 Å². The number of aliphatic hydroxyl groups excluding tert-OH is 1. The van der Waals surface area contributed by atoms with Crippen molar-refractivity contribution >= 4 is 61.7 Å². The lowest BCUT2D eigenvalue weighted by atomic mass is 10.1. The van der Waals surface area contributed by atoms with E-state index in [4.69, 9.17) is 27.0 Å². The van der Waals surface area contributed by atoms with Gasteiger partial charge >= 0.3 is 0 Å². The van der Waals surface area contributed by atoms with E-state index in [0.29, 0.717) is 35.0 Å². The van der Waals surface area contributed by atoms with Crippen LogP contribution in [-0.2, 0) is 11.4 Å². The molecule has 1 fully saturated rings. The summed E-state index contributed by atoms with van der Waals surface area (Å²) in [5, 5.41) is 20.5. The van der Waals surface area contributed by atoms with E-state index in [1.807, 2.05) is 4.90 Å². The molecule has 2 heterocycles. The molecule has 3 aromatic rings. The Morgan fingerprint density at radius 2 is 2.09 bits per heavy atom. The number of hydrogen-bond donors (Lipinski definition) is 4. The molecule has 1 saturated heterocycles. The van der Waals surface area contributed by atoms with Gasteiger partial charge in [-0.3, -0.25) is 15.0 Å². The number of aromatic nitrogens is 2. The zero-order valence-corrected chi connectivity index (χ0v) is 21.1. The van der Waals surface area contributed by atoms with Gasteiger partial charge in [-0.2, -0.15) is 0 Å². The number of nitrogens with one attached hydrogen (secondary N) is 3. The molecule has 0 aliphatic carbocycles. The summed E-state index contributed by atoms with van der Waals surface area (Å²) in [5.74, 6) is -0.891. The number of hydrogen-bond acceptors (Lipinski definition) is 6. The van der Waals surface area contributed by atoms with Crippen LogP contribution < -0.4 is 10.8 Å². The van der Waals surface area contributed by atoms with Crippen LogP contribution in [0.5, 0.6) is 0 Å². The number of halogens is 3. The number of rotatable bonds is 9. The lowest BCUT2D eigenvalue weighted by Gasteiger charge is -2.19. The van der Waals surface area contributed by atoms with Gasteiger partial charge in [-0.1, -0.05) is 27.5 Å². The smallest absolute Gasteiger partial charge is 0.277 e. The van der Waals surface area contributed by atoms with Gasteiger partial charge in [0, 0.05) is 30.5 Å². The van der Waals surface area contributed by atoms with Gasteiger partial charge in [0.05, 0.1) is 52.9 Å². The number of hydroxylamine groups is 1. The van der Waals surface area contributed by atoms with Gasteiger partial charge in [-0.15, -0.1) is 0 Å². The predicted molar refractivity (Wildman–Crippen MR) is 136 cm³/mol. The molecule has 4 N–H and O–H groups in total. The fraction of sp³-hybridized carbons (Fsp3) is 0.348. The molecule has 12 heteroatoms. The average molecular weight is 568 g/mol. The molecule has 0 spiro atoms. The minimum atomic E-state index is -0.720. The van der Waals surface area contributed by atoms with Gasteiger partial charge in [-0.05, 0) is 37.1 Å². The van der Waals surface area contributed by atoms with Gasteiger partial charge in [0.1, 0.15) is 5.52 Å². The second-order valence-corrected chi connectivity index (χ2v) is 9.38. The molecule has 186 valence electrons. The van der Waals surface area contributed by atoms with E-state index < -0.39 is 11.7 Å². The molecule has 4 rings (SSSR count). The molecule has 2 aromatic carbocycles. The van der Waals surface area contributed by atoms with Gasteiger partial charge in [0.2, 0.25) is 0 Å². The molecule has 0 atom stereocenters. The number of benzene rings is 2. The van der Waals surface area contributed by atoms with E-state index in [2.05, 4.69) is 31.7 Å². The number of imidazole rings is 1. The van der Waals surface area contributed by atoms with E-state index >= 15 is 4.39 Å². The minimum Gasteiger partial charge on any atom is -0.394 e. The molecule has 9 nitrogen and oxygen atoms in total.